The second-order valence-electron chi connectivity index (χ2n) is 3.68. The number of amides is 1. The fraction of sp³-hybridized carbons (Fsp3) is 0.417. The van der Waals surface area contributed by atoms with Crippen LogP contribution in [-0.2, 0) is 11.3 Å². The summed E-state index contributed by atoms with van der Waals surface area (Å²) in [5.41, 5.74) is 6.31. The molecule has 0 aromatic heterocycles. The average Bonchev–Trinajstić information content (AvgIpc) is 2.35. The van der Waals surface area contributed by atoms with E-state index in [1.165, 1.54) is 0 Å². The molecular weight excluding hydrogens is 256 g/mol. The van der Waals surface area contributed by atoms with E-state index < -0.39 is 6.04 Å². The van der Waals surface area contributed by atoms with Gasteiger partial charge in [-0.2, -0.15) is 0 Å². The van der Waals surface area contributed by atoms with Crippen molar-refractivity contribution in [1.29, 1.82) is 0 Å². The molecule has 0 radical (unpaired) electrons. The Bertz CT molecular complexity index is 397. The number of carbonyl (C=O) groups is 1. The first-order valence-corrected chi connectivity index (χ1v) is 5.32. The van der Waals surface area contributed by atoms with Crippen molar-refractivity contribution < 1.29 is 14.3 Å². The van der Waals surface area contributed by atoms with Gasteiger partial charge in [0.1, 0.15) is 11.5 Å². The van der Waals surface area contributed by atoms with Crippen LogP contribution >= 0.6 is 12.4 Å². The molecule has 102 valence electrons. The summed E-state index contributed by atoms with van der Waals surface area (Å²) >= 11 is 0. The lowest BCUT2D eigenvalue weighted by Gasteiger charge is -2.12. The highest BCUT2D eigenvalue weighted by atomic mass is 35.5. The summed E-state index contributed by atoms with van der Waals surface area (Å²) in [5.74, 6) is 1.22. The first kappa shape index (κ1) is 16.5. The van der Waals surface area contributed by atoms with Crippen molar-refractivity contribution in [3.8, 4) is 11.5 Å². The summed E-state index contributed by atoms with van der Waals surface area (Å²) in [6, 6.07) is 4.90. The molecule has 0 aliphatic rings. The zero-order valence-corrected chi connectivity index (χ0v) is 11.5. The first-order chi connectivity index (χ1) is 8.08. The Hall–Kier alpha value is -1.46. The maximum Gasteiger partial charge on any atom is 0.236 e. The van der Waals surface area contributed by atoms with E-state index in [0.29, 0.717) is 12.3 Å². The standard InChI is InChI=1S/C12H18N2O3.ClH/c1-8(13)12(15)14-7-9-6-10(16-2)4-5-11(9)17-3;/h4-6,8H,7,13H2,1-3H3,(H,14,15);1H. The molecule has 18 heavy (non-hydrogen) atoms. The van der Waals surface area contributed by atoms with Crippen LogP contribution in [0.5, 0.6) is 11.5 Å². The Morgan fingerprint density at radius 3 is 2.56 bits per heavy atom. The number of methoxy groups -OCH3 is 2. The SMILES string of the molecule is COc1ccc(OC)c(CNC(=O)C(C)N)c1.Cl. The van der Waals surface area contributed by atoms with E-state index in [2.05, 4.69) is 5.32 Å². The topological polar surface area (TPSA) is 73.6 Å². The van der Waals surface area contributed by atoms with Gasteiger partial charge < -0.3 is 20.5 Å². The zero-order valence-electron chi connectivity index (χ0n) is 10.7. The van der Waals surface area contributed by atoms with Crippen LogP contribution in [0.3, 0.4) is 0 Å². The van der Waals surface area contributed by atoms with Gasteiger partial charge in [0.15, 0.2) is 0 Å². The maximum atomic E-state index is 11.4. The predicted molar refractivity (Wildman–Crippen MR) is 72.3 cm³/mol. The largest absolute Gasteiger partial charge is 0.497 e. The van der Waals surface area contributed by atoms with Gasteiger partial charge in [0.2, 0.25) is 5.91 Å². The lowest BCUT2D eigenvalue weighted by Crippen LogP contribution is -2.37. The molecule has 3 N–H and O–H groups in total. The second kappa shape index (κ2) is 7.79. The van der Waals surface area contributed by atoms with E-state index in [-0.39, 0.29) is 18.3 Å². The molecule has 0 fully saturated rings. The summed E-state index contributed by atoms with van der Waals surface area (Å²) in [6.45, 7) is 2.00. The molecule has 0 saturated heterocycles. The van der Waals surface area contributed by atoms with Crippen LogP contribution in [0.15, 0.2) is 18.2 Å². The van der Waals surface area contributed by atoms with Crippen LogP contribution in [0.25, 0.3) is 0 Å². The van der Waals surface area contributed by atoms with Gasteiger partial charge in [-0.05, 0) is 25.1 Å². The summed E-state index contributed by atoms with van der Waals surface area (Å²) in [4.78, 5) is 11.4. The highest BCUT2D eigenvalue weighted by Crippen LogP contribution is 2.23. The molecule has 1 rings (SSSR count). The lowest BCUT2D eigenvalue weighted by molar-refractivity contribution is -0.122. The molecule has 1 aromatic carbocycles. The fourth-order valence-electron chi connectivity index (χ4n) is 1.36. The summed E-state index contributed by atoms with van der Waals surface area (Å²) < 4.78 is 10.3. The predicted octanol–water partition coefficient (Wildman–Crippen LogP) is 1.09. The minimum Gasteiger partial charge on any atom is -0.497 e. The van der Waals surface area contributed by atoms with Crippen molar-refractivity contribution >= 4 is 18.3 Å². The molecule has 0 aliphatic carbocycles. The normalized spacial score (nSPS) is 11.1. The number of halogens is 1. The molecule has 5 nitrogen and oxygen atoms in total. The Kier molecular flexibility index (Phi) is 7.16. The average molecular weight is 275 g/mol. The Morgan fingerprint density at radius 2 is 2.06 bits per heavy atom. The third-order valence-electron chi connectivity index (χ3n) is 2.35. The highest BCUT2D eigenvalue weighted by molar-refractivity contribution is 5.85. The van der Waals surface area contributed by atoms with E-state index >= 15 is 0 Å². The number of ether oxygens (including phenoxy) is 2. The molecule has 0 spiro atoms. The summed E-state index contributed by atoms with van der Waals surface area (Å²) in [5, 5.41) is 2.72. The van der Waals surface area contributed by atoms with Crippen molar-refractivity contribution in [1.82, 2.24) is 5.32 Å². The molecule has 1 aromatic rings. The van der Waals surface area contributed by atoms with E-state index in [9.17, 15) is 4.79 Å². The van der Waals surface area contributed by atoms with Gasteiger partial charge in [0.25, 0.3) is 0 Å². The molecular formula is C12H19ClN2O3. The molecule has 6 heteroatoms. The van der Waals surface area contributed by atoms with Crippen molar-refractivity contribution in [2.45, 2.75) is 19.5 Å². The van der Waals surface area contributed by atoms with Crippen molar-refractivity contribution in [3.63, 3.8) is 0 Å². The molecule has 0 saturated carbocycles. The van der Waals surface area contributed by atoms with E-state index in [1.807, 2.05) is 6.07 Å². The number of rotatable bonds is 5. The van der Waals surface area contributed by atoms with Crippen LogP contribution in [0.2, 0.25) is 0 Å². The minimum absolute atomic E-state index is 0. The van der Waals surface area contributed by atoms with Gasteiger partial charge in [-0.3, -0.25) is 4.79 Å². The highest BCUT2D eigenvalue weighted by Gasteiger charge is 2.09. The quantitative estimate of drug-likeness (QED) is 0.843. The number of hydrogen-bond acceptors (Lipinski definition) is 4. The molecule has 1 atom stereocenters. The van der Waals surface area contributed by atoms with Crippen LogP contribution in [0, 0.1) is 0 Å². The summed E-state index contributed by atoms with van der Waals surface area (Å²) in [7, 11) is 3.17. The van der Waals surface area contributed by atoms with Gasteiger partial charge in [-0.15, -0.1) is 12.4 Å². The van der Waals surface area contributed by atoms with Gasteiger partial charge in [-0.1, -0.05) is 0 Å². The minimum atomic E-state index is -0.522. The van der Waals surface area contributed by atoms with Crippen LogP contribution in [-0.4, -0.2) is 26.2 Å². The van der Waals surface area contributed by atoms with Crippen molar-refractivity contribution in [2.75, 3.05) is 14.2 Å². The zero-order chi connectivity index (χ0) is 12.8. The summed E-state index contributed by atoms with van der Waals surface area (Å²) in [6.07, 6.45) is 0. The van der Waals surface area contributed by atoms with Gasteiger partial charge in [-0.25, -0.2) is 0 Å². The van der Waals surface area contributed by atoms with Gasteiger partial charge >= 0.3 is 0 Å². The van der Waals surface area contributed by atoms with Crippen LogP contribution < -0.4 is 20.5 Å². The maximum absolute atomic E-state index is 11.4. The van der Waals surface area contributed by atoms with E-state index in [0.717, 1.165) is 11.3 Å². The number of hydrogen-bond donors (Lipinski definition) is 2. The van der Waals surface area contributed by atoms with Crippen molar-refractivity contribution in [2.24, 2.45) is 5.73 Å². The van der Waals surface area contributed by atoms with Crippen molar-refractivity contribution in [3.05, 3.63) is 23.8 Å². The Balaban J connectivity index is 0.00000289. The molecule has 1 unspecified atom stereocenters. The van der Waals surface area contributed by atoms with E-state index in [1.54, 1.807) is 33.3 Å². The molecule has 0 heterocycles. The number of nitrogens with two attached hydrogens (primary N) is 1. The third kappa shape index (κ3) is 4.43. The molecule has 0 bridgehead atoms. The number of carbonyl (C=O) groups excluding carboxylic acids is 1. The van der Waals surface area contributed by atoms with Gasteiger partial charge in [0.05, 0.1) is 20.3 Å². The van der Waals surface area contributed by atoms with E-state index in [4.69, 9.17) is 15.2 Å². The number of benzene rings is 1. The Morgan fingerprint density at radius 1 is 1.39 bits per heavy atom. The monoisotopic (exact) mass is 274 g/mol. The second-order valence-corrected chi connectivity index (χ2v) is 3.68. The number of nitrogens with one attached hydrogen (secondary N) is 1. The molecule has 0 aliphatic heterocycles. The fourth-order valence-corrected chi connectivity index (χ4v) is 1.36. The smallest absolute Gasteiger partial charge is 0.236 e. The molecule has 1 amide bonds. The first-order valence-electron chi connectivity index (χ1n) is 5.32. The lowest BCUT2D eigenvalue weighted by atomic mass is 10.2. The van der Waals surface area contributed by atoms with Crippen LogP contribution in [0.4, 0.5) is 0 Å². The van der Waals surface area contributed by atoms with Gasteiger partial charge in [0, 0.05) is 12.1 Å². The van der Waals surface area contributed by atoms with Crippen LogP contribution in [0.1, 0.15) is 12.5 Å². The Labute approximate surface area is 113 Å². The third-order valence-corrected chi connectivity index (χ3v) is 2.35.